The molecule has 2 N–H and O–H groups in total. The fourth-order valence-corrected chi connectivity index (χ4v) is 2.65. The number of hydrogen-bond acceptors (Lipinski definition) is 4. The van der Waals surface area contributed by atoms with Gasteiger partial charge in [-0.25, -0.2) is 4.98 Å². The van der Waals surface area contributed by atoms with Gasteiger partial charge in [0.1, 0.15) is 6.26 Å². The van der Waals surface area contributed by atoms with E-state index in [-0.39, 0.29) is 11.5 Å². The van der Waals surface area contributed by atoms with Crippen molar-refractivity contribution >= 4 is 11.8 Å². The van der Waals surface area contributed by atoms with Gasteiger partial charge >= 0.3 is 0 Å². The van der Waals surface area contributed by atoms with Crippen molar-refractivity contribution in [3.8, 4) is 0 Å². The average Bonchev–Trinajstić information content (AvgIpc) is 2.44. The summed E-state index contributed by atoms with van der Waals surface area (Å²) < 4.78 is 5.34. The number of thioether (sulfide) groups is 1. The Morgan fingerprint density at radius 3 is 2.40 bits per heavy atom. The van der Waals surface area contributed by atoms with Gasteiger partial charge in [-0.05, 0) is 19.3 Å². The van der Waals surface area contributed by atoms with E-state index in [1.807, 2.05) is 13.8 Å². The van der Waals surface area contributed by atoms with Gasteiger partial charge in [0.2, 0.25) is 0 Å². The van der Waals surface area contributed by atoms with E-state index in [0.29, 0.717) is 10.5 Å². The number of rotatable bonds is 3. The molecule has 0 aromatic carbocycles. The zero-order valence-corrected chi connectivity index (χ0v) is 10.9. The molecule has 86 valence electrons. The summed E-state index contributed by atoms with van der Waals surface area (Å²) in [5.41, 5.74) is 7.04. The average molecular weight is 228 g/mol. The maximum absolute atomic E-state index is 5.99. The Hall–Kier alpha value is -0.480. The zero-order valence-electron chi connectivity index (χ0n) is 10.1. The highest BCUT2D eigenvalue weighted by molar-refractivity contribution is 7.99. The molecule has 1 rings (SSSR count). The molecule has 15 heavy (non-hydrogen) atoms. The molecule has 0 amide bonds. The largest absolute Gasteiger partial charge is 0.440 e. The van der Waals surface area contributed by atoms with Crippen LogP contribution in [-0.2, 0) is 0 Å². The first-order chi connectivity index (χ1) is 6.80. The molecule has 0 saturated heterocycles. The minimum absolute atomic E-state index is 0.113. The number of nitrogens with zero attached hydrogens (tertiary/aromatic N) is 1. The maximum Gasteiger partial charge on any atom is 0.256 e. The van der Waals surface area contributed by atoms with Gasteiger partial charge in [-0.2, -0.15) is 0 Å². The second kappa shape index (κ2) is 4.58. The first-order valence-corrected chi connectivity index (χ1v) is 6.03. The molecule has 3 nitrogen and oxygen atoms in total. The van der Waals surface area contributed by atoms with Crippen LogP contribution in [0.15, 0.2) is 15.9 Å². The van der Waals surface area contributed by atoms with Crippen molar-refractivity contribution in [3.05, 3.63) is 12.0 Å². The van der Waals surface area contributed by atoms with Crippen molar-refractivity contribution in [3.63, 3.8) is 0 Å². The molecule has 1 aromatic heterocycles. The van der Waals surface area contributed by atoms with Crippen LogP contribution in [0.25, 0.3) is 0 Å². The molecule has 0 spiro atoms. The van der Waals surface area contributed by atoms with E-state index in [2.05, 4.69) is 25.8 Å². The van der Waals surface area contributed by atoms with Gasteiger partial charge in [0.05, 0.1) is 5.69 Å². The van der Waals surface area contributed by atoms with Crippen LogP contribution < -0.4 is 5.73 Å². The summed E-state index contributed by atoms with van der Waals surface area (Å²) >= 11 is 1.62. The van der Waals surface area contributed by atoms with Crippen LogP contribution in [-0.4, -0.2) is 16.3 Å². The van der Waals surface area contributed by atoms with Crippen LogP contribution in [0.5, 0.6) is 0 Å². The standard InChI is InChI=1S/C11H20N2OS/c1-7-6-14-10(13-7)15-9(8(2)12)11(3,4)5/h6,8-9H,12H2,1-5H3. The van der Waals surface area contributed by atoms with E-state index < -0.39 is 0 Å². The first kappa shape index (κ1) is 12.6. The van der Waals surface area contributed by atoms with Crippen molar-refractivity contribution in [2.75, 3.05) is 0 Å². The monoisotopic (exact) mass is 228 g/mol. The molecule has 0 radical (unpaired) electrons. The summed E-state index contributed by atoms with van der Waals surface area (Å²) in [6.07, 6.45) is 1.67. The first-order valence-electron chi connectivity index (χ1n) is 5.15. The van der Waals surface area contributed by atoms with Gasteiger partial charge in [0.15, 0.2) is 0 Å². The van der Waals surface area contributed by atoms with Crippen LogP contribution in [0.3, 0.4) is 0 Å². The normalized spacial score (nSPS) is 16.4. The van der Waals surface area contributed by atoms with Crippen molar-refractivity contribution in [1.82, 2.24) is 4.98 Å². The molecule has 0 aliphatic carbocycles. The molecule has 0 aliphatic heterocycles. The number of nitrogens with two attached hydrogens (primary N) is 1. The third kappa shape index (κ3) is 3.54. The lowest BCUT2D eigenvalue weighted by Gasteiger charge is -2.31. The van der Waals surface area contributed by atoms with E-state index in [1.54, 1.807) is 18.0 Å². The Morgan fingerprint density at radius 1 is 1.47 bits per heavy atom. The van der Waals surface area contributed by atoms with E-state index in [4.69, 9.17) is 10.2 Å². The Labute approximate surface area is 95.8 Å². The lowest BCUT2D eigenvalue weighted by Crippen LogP contribution is -2.38. The molecule has 1 aromatic rings. The van der Waals surface area contributed by atoms with E-state index >= 15 is 0 Å². The van der Waals surface area contributed by atoms with E-state index in [0.717, 1.165) is 5.69 Å². The predicted octanol–water partition coefficient (Wildman–Crippen LogP) is 2.84. The molecular weight excluding hydrogens is 208 g/mol. The molecule has 0 aliphatic rings. The molecule has 0 saturated carbocycles. The molecule has 0 fully saturated rings. The van der Waals surface area contributed by atoms with Crippen LogP contribution in [0.2, 0.25) is 0 Å². The van der Waals surface area contributed by atoms with Crippen LogP contribution in [0.1, 0.15) is 33.4 Å². The van der Waals surface area contributed by atoms with Gasteiger partial charge in [-0.3, -0.25) is 0 Å². The Kier molecular flexibility index (Phi) is 3.84. The second-order valence-corrected chi connectivity index (χ2v) is 6.11. The predicted molar refractivity (Wildman–Crippen MR) is 64.0 cm³/mol. The van der Waals surface area contributed by atoms with E-state index in [9.17, 15) is 0 Å². The van der Waals surface area contributed by atoms with Crippen molar-refractivity contribution in [2.45, 2.75) is 51.1 Å². The van der Waals surface area contributed by atoms with Crippen LogP contribution >= 0.6 is 11.8 Å². The fourth-order valence-electron chi connectivity index (χ4n) is 1.57. The number of aryl methyl sites for hydroxylation is 1. The summed E-state index contributed by atoms with van der Waals surface area (Å²) in [7, 11) is 0. The molecule has 2 atom stereocenters. The summed E-state index contributed by atoms with van der Waals surface area (Å²) in [4.78, 5) is 4.29. The van der Waals surface area contributed by atoms with Gasteiger partial charge in [-0.1, -0.05) is 32.5 Å². The maximum atomic E-state index is 5.99. The third-order valence-corrected chi connectivity index (χ3v) is 3.94. The lowest BCUT2D eigenvalue weighted by atomic mass is 9.88. The highest BCUT2D eigenvalue weighted by Crippen LogP contribution is 2.36. The number of oxazole rings is 1. The molecule has 2 unspecified atom stereocenters. The van der Waals surface area contributed by atoms with Gasteiger partial charge < -0.3 is 10.2 Å². The van der Waals surface area contributed by atoms with Crippen LogP contribution in [0.4, 0.5) is 0 Å². The smallest absolute Gasteiger partial charge is 0.256 e. The Balaban J connectivity index is 2.76. The second-order valence-electron chi connectivity index (χ2n) is 5.02. The van der Waals surface area contributed by atoms with Crippen molar-refractivity contribution in [1.29, 1.82) is 0 Å². The molecule has 0 bridgehead atoms. The topological polar surface area (TPSA) is 52.0 Å². The van der Waals surface area contributed by atoms with Gasteiger partial charge in [-0.15, -0.1) is 0 Å². The minimum Gasteiger partial charge on any atom is -0.440 e. The highest BCUT2D eigenvalue weighted by Gasteiger charge is 2.30. The summed E-state index contributed by atoms with van der Waals surface area (Å²) in [6.45, 7) is 10.5. The Morgan fingerprint density at radius 2 is 2.07 bits per heavy atom. The molecular formula is C11H20N2OS. The van der Waals surface area contributed by atoms with Crippen LogP contribution in [0, 0.1) is 12.3 Å². The highest BCUT2D eigenvalue weighted by atomic mass is 32.2. The fraction of sp³-hybridized carbons (Fsp3) is 0.727. The summed E-state index contributed by atoms with van der Waals surface area (Å²) in [6, 6.07) is 0.113. The summed E-state index contributed by atoms with van der Waals surface area (Å²) in [5, 5.41) is 1.01. The third-order valence-electron chi connectivity index (χ3n) is 2.16. The number of hydrogen-bond donors (Lipinski definition) is 1. The number of aromatic nitrogens is 1. The van der Waals surface area contributed by atoms with Crippen molar-refractivity contribution < 1.29 is 4.42 Å². The van der Waals surface area contributed by atoms with E-state index in [1.165, 1.54) is 0 Å². The van der Waals surface area contributed by atoms with Gasteiger partial charge in [0, 0.05) is 11.3 Å². The zero-order chi connectivity index (χ0) is 11.6. The minimum atomic E-state index is 0.113. The lowest BCUT2D eigenvalue weighted by molar-refractivity contribution is 0.358. The quantitative estimate of drug-likeness (QED) is 0.808. The molecule has 1 heterocycles. The van der Waals surface area contributed by atoms with Crippen molar-refractivity contribution in [2.24, 2.45) is 11.1 Å². The summed E-state index contributed by atoms with van der Waals surface area (Å²) in [5.74, 6) is 0. The SMILES string of the molecule is Cc1coc(SC(C(C)N)C(C)(C)C)n1. The Bertz CT molecular complexity index is 315. The van der Waals surface area contributed by atoms with Gasteiger partial charge in [0.25, 0.3) is 5.22 Å². The molecule has 4 heteroatoms.